The van der Waals surface area contributed by atoms with E-state index in [9.17, 15) is 0 Å². The van der Waals surface area contributed by atoms with Crippen LogP contribution in [0.1, 0.15) is 97.8 Å². The van der Waals surface area contributed by atoms with Gasteiger partial charge in [0.1, 0.15) is 0 Å². The fraction of sp³-hybridized carbons (Fsp3) is 0.739. The van der Waals surface area contributed by atoms with E-state index in [1.165, 1.54) is 92.5 Å². The van der Waals surface area contributed by atoms with Gasteiger partial charge >= 0.3 is 0 Å². The average molecular weight is 341 g/mol. The minimum absolute atomic E-state index is 0.330. The van der Waals surface area contributed by atoms with Crippen LogP contribution in [0.2, 0.25) is 0 Å². The lowest BCUT2D eigenvalue weighted by Crippen LogP contribution is -2.27. The molecule has 2 heteroatoms. The molecule has 2 atom stereocenters. The van der Waals surface area contributed by atoms with E-state index in [0.717, 1.165) is 12.8 Å². The monoisotopic (exact) mass is 340 g/mol. The number of nitrogens with zero attached hydrogens (tertiary/aromatic N) is 2. The van der Waals surface area contributed by atoms with Crippen LogP contribution in [0.5, 0.6) is 0 Å². The molecule has 0 aromatic heterocycles. The summed E-state index contributed by atoms with van der Waals surface area (Å²) in [5.74, 6) is 0.476. The molecule has 0 heterocycles. The van der Waals surface area contributed by atoms with E-state index < -0.39 is 0 Å². The topological polar surface area (TPSA) is 24.7 Å². The van der Waals surface area contributed by atoms with Gasteiger partial charge in [-0.25, -0.2) is 0 Å². The highest BCUT2D eigenvalue weighted by Crippen LogP contribution is 2.37. The van der Waals surface area contributed by atoms with Gasteiger partial charge in [0, 0.05) is 23.0 Å². The second-order valence-corrected chi connectivity index (χ2v) is 8.11. The average Bonchev–Trinajstić information content (AvgIpc) is 2.66. The molecular formula is C23H36N2. The molecule has 25 heavy (non-hydrogen) atoms. The summed E-state index contributed by atoms with van der Waals surface area (Å²) in [6.07, 6.45) is 17.6. The zero-order chi connectivity index (χ0) is 17.6. The van der Waals surface area contributed by atoms with Crippen molar-refractivity contribution in [3.63, 3.8) is 0 Å². The van der Waals surface area contributed by atoms with E-state index in [1.54, 1.807) is 0 Å². The third kappa shape index (κ3) is 4.51. The van der Waals surface area contributed by atoms with Gasteiger partial charge in [-0.2, -0.15) is 0 Å². The van der Waals surface area contributed by atoms with E-state index in [4.69, 9.17) is 9.98 Å². The van der Waals surface area contributed by atoms with Crippen molar-refractivity contribution in [3.8, 4) is 0 Å². The fourth-order valence-corrected chi connectivity index (χ4v) is 4.71. The zero-order valence-corrected chi connectivity index (χ0v) is 16.6. The van der Waals surface area contributed by atoms with Crippen LogP contribution >= 0.6 is 0 Å². The number of hydrogen-bond acceptors (Lipinski definition) is 2. The van der Waals surface area contributed by atoms with Crippen LogP contribution in [-0.2, 0) is 0 Å². The number of rotatable bonds is 4. The lowest BCUT2D eigenvalue weighted by Gasteiger charge is -2.32. The van der Waals surface area contributed by atoms with Gasteiger partial charge in [-0.05, 0) is 82.3 Å². The third-order valence-corrected chi connectivity index (χ3v) is 6.21. The molecule has 0 aromatic carbocycles. The van der Waals surface area contributed by atoms with Crippen LogP contribution < -0.4 is 0 Å². The molecule has 0 radical (unpaired) electrons. The van der Waals surface area contributed by atoms with Gasteiger partial charge in [-0.1, -0.05) is 32.8 Å². The zero-order valence-electron chi connectivity index (χ0n) is 16.6. The predicted octanol–water partition coefficient (Wildman–Crippen LogP) is 6.82. The van der Waals surface area contributed by atoms with Crippen LogP contribution in [-0.4, -0.2) is 17.5 Å². The van der Waals surface area contributed by atoms with E-state index in [0.29, 0.717) is 12.0 Å². The molecule has 2 saturated carbocycles. The molecule has 0 N–H and O–H groups in total. The fourth-order valence-electron chi connectivity index (χ4n) is 4.71. The van der Waals surface area contributed by atoms with Gasteiger partial charge in [0.05, 0.1) is 6.04 Å². The predicted molar refractivity (Wildman–Crippen MR) is 110 cm³/mol. The lowest BCUT2D eigenvalue weighted by molar-refractivity contribution is 0.490. The van der Waals surface area contributed by atoms with E-state index in [1.807, 2.05) is 0 Å². The maximum atomic E-state index is 5.29. The molecule has 3 rings (SSSR count). The maximum Gasteiger partial charge on any atom is 0.0792 e. The molecule has 2 fully saturated rings. The second-order valence-electron chi connectivity index (χ2n) is 8.11. The van der Waals surface area contributed by atoms with Gasteiger partial charge in [-0.3, -0.25) is 9.98 Å². The van der Waals surface area contributed by atoms with E-state index in [2.05, 4.69) is 26.8 Å². The molecule has 2 nitrogen and oxygen atoms in total. The van der Waals surface area contributed by atoms with Crippen molar-refractivity contribution >= 4 is 11.4 Å². The molecular weight excluding hydrogens is 304 g/mol. The summed E-state index contributed by atoms with van der Waals surface area (Å²) in [4.78, 5) is 10.5. The summed E-state index contributed by atoms with van der Waals surface area (Å²) in [6.45, 7) is 6.90. The molecule has 0 spiro atoms. The Balaban J connectivity index is 1.92. The van der Waals surface area contributed by atoms with Crippen molar-refractivity contribution in [1.29, 1.82) is 0 Å². The summed E-state index contributed by atoms with van der Waals surface area (Å²) >= 11 is 0. The molecule has 3 aliphatic carbocycles. The molecule has 2 unspecified atom stereocenters. The minimum atomic E-state index is 0.330. The Hall–Kier alpha value is -1.18. The highest BCUT2D eigenvalue weighted by Gasteiger charge is 2.31. The first kappa shape index (κ1) is 18.6. The molecule has 3 aliphatic rings. The van der Waals surface area contributed by atoms with Crippen molar-refractivity contribution < 1.29 is 0 Å². The van der Waals surface area contributed by atoms with Gasteiger partial charge in [0.15, 0.2) is 0 Å². The second kappa shape index (κ2) is 8.96. The van der Waals surface area contributed by atoms with Crippen LogP contribution in [0.4, 0.5) is 0 Å². The van der Waals surface area contributed by atoms with Crippen LogP contribution in [0, 0.1) is 5.92 Å². The van der Waals surface area contributed by atoms with Gasteiger partial charge in [0.2, 0.25) is 0 Å². The Kier molecular flexibility index (Phi) is 6.67. The Labute approximate surface area is 154 Å². The van der Waals surface area contributed by atoms with E-state index >= 15 is 0 Å². The van der Waals surface area contributed by atoms with E-state index in [-0.39, 0.29) is 0 Å². The van der Waals surface area contributed by atoms with Crippen molar-refractivity contribution in [2.45, 2.75) is 104 Å². The molecule has 138 valence electrons. The first-order valence-electron chi connectivity index (χ1n) is 10.8. The quantitative estimate of drug-likeness (QED) is 0.536. The first-order chi connectivity index (χ1) is 12.2. The molecule has 0 aromatic rings. The third-order valence-electron chi connectivity index (χ3n) is 6.21. The molecule has 0 saturated heterocycles. The van der Waals surface area contributed by atoms with Gasteiger partial charge < -0.3 is 0 Å². The van der Waals surface area contributed by atoms with Gasteiger partial charge in [-0.15, -0.1) is 0 Å². The number of aliphatic imine (C=N–C) groups is 2. The van der Waals surface area contributed by atoms with Crippen molar-refractivity contribution in [2.24, 2.45) is 15.9 Å². The Morgan fingerprint density at radius 1 is 0.880 bits per heavy atom. The first-order valence-corrected chi connectivity index (χ1v) is 10.8. The van der Waals surface area contributed by atoms with Crippen molar-refractivity contribution in [2.75, 3.05) is 0 Å². The summed E-state index contributed by atoms with van der Waals surface area (Å²) < 4.78 is 0. The molecule has 0 aliphatic heterocycles. The normalized spacial score (nSPS) is 28.0. The SMILES string of the molecule is CCC1=C(N=C2CCCCC2)C(CC)C(N=C2CCCCC2)C(C)=C1. The standard InChI is InChI=1S/C23H36N2/c1-4-18-16-17(3)22(24-19-12-8-6-9-13-19)21(5-2)23(18)25-20-14-10-7-11-15-20/h16,21-22H,4-15H2,1-3H3. The summed E-state index contributed by atoms with van der Waals surface area (Å²) in [6, 6.07) is 0.330. The molecule has 0 amide bonds. The highest BCUT2D eigenvalue weighted by atomic mass is 14.9. The van der Waals surface area contributed by atoms with Crippen molar-refractivity contribution in [3.05, 3.63) is 22.9 Å². The van der Waals surface area contributed by atoms with Gasteiger partial charge in [0.25, 0.3) is 0 Å². The van der Waals surface area contributed by atoms with Crippen molar-refractivity contribution in [1.82, 2.24) is 0 Å². The van der Waals surface area contributed by atoms with Crippen LogP contribution in [0.15, 0.2) is 32.9 Å². The van der Waals surface area contributed by atoms with Crippen LogP contribution in [0.3, 0.4) is 0 Å². The number of hydrogen-bond donors (Lipinski definition) is 0. The van der Waals surface area contributed by atoms with Crippen LogP contribution in [0.25, 0.3) is 0 Å². The summed E-state index contributed by atoms with van der Waals surface area (Å²) in [5.41, 5.74) is 7.20. The number of allylic oxidation sites excluding steroid dienone is 2. The largest absolute Gasteiger partial charge is 0.286 e. The summed E-state index contributed by atoms with van der Waals surface area (Å²) in [5, 5.41) is 0. The Bertz CT molecular complexity index is 575. The maximum absolute atomic E-state index is 5.29. The highest BCUT2D eigenvalue weighted by molar-refractivity contribution is 5.86. The Morgan fingerprint density at radius 3 is 2.04 bits per heavy atom. The summed E-state index contributed by atoms with van der Waals surface area (Å²) in [7, 11) is 0. The molecule has 0 bridgehead atoms. The lowest BCUT2D eigenvalue weighted by atomic mass is 9.80. The smallest absolute Gasteiger partial charge is 0.0792 e. The Morgan fingerprint density at radius 2 is 1.48 bits per heavy atom. The minimum Gasteiger partial charge on any atom is -0.286 e.